The molecule has 3 unspecified atom stereocenters. The molecule has 0 amide bonds. The van der Waals surface area contributed by atoms with Crippen molar-refractivity contribution in [3.05, 3.63) is 0 Å². The second-order valence-corrected chi connectivity index (χ2v) is 3.70. The molecule has 0 saturated carbocycles. The predicted molar refractivity (Wildman–Crippen MR) is 38.8 cm³/mol. The molecule has 2 aliphatic heterocycles. The fourth-order valence-electron chi connectivity index (χ4n) is 1.92. The number of hydrogen-bond acceptors (Lipinski definition) is 1. The van der Waals surface area contributed by atoms with Gasteiger partial charge in [-0.15, -0.1) is 11.6 Å². The van der Waals surface area contributed by atoms with E-state index in [1.54, 1.807) is 0 Å². The normalized spacial score (nSPS) is 49.7. The average molecular weight is 146 g/mol. The lowest BCUT2D eigenvalue weighted by Crippen LogP contribution is -2.40. The van der Waals surface area contributed by atoms with Crippen LogP contribution in [0, 0.1) is 0 Å². The lowest BCUT2D eigenvalue weighted by atomic mass is 10.1. The summed E-state index contributed by atoms with van der Waals surface area (Å²) in [5.74, 6) is 0. The van der Waals surface area contributed by atoms with Gasteiger partial charge in [-0.2, -0.15) is 0 Å². The Balaban J connectivity index is 2.05. The van der Waals surface area contributed by atoms with Crippen LogP contribution >= 0.6 is 11.6 Å². The van der Waals surface area contributed by atoms with Gasteiger partial charge < -0.3 is 5.32 Å². The molecule has 2 rings (SSSR count). The number of halogens is 1. The molecule has 0 spiro atoms. The Hall–Kier alpha value is 0.250. The summed E-state index contributed by atoms with van der Waals surface area (Å²) in [5.41, 5.74) is 0. The Morgan fingerprint density at radius 1 is 1.11 bits per heavy atom. The molecule has 0 aromatic heterocycles. The zero-order chi connectivity index (χ0) is 6.27. The molecule has 2 aliphatic rings. The number of alkyl halides is 1. The van der Waals surface area contributed by atoms with Crippen molar-refractivity contribution in [2.24, 2.45) is 0 Å². The van der Waals surface area contributed by atoms with E-state index in [0.717, 1.165) is 6.04 Å². The molecular formula is C7H12ClN. The molecule has 2 heteroatoms. The third-order valence-corrected chi connectivity index (χ3v) is 3.03. The van der Waals surface area contributed by atoms with E-state index in [9.17, 15) is 0 Å². The quantitative estimate of drug-likeness (QED) is 0.510. The van der Waals surface area contributed by atoms with Crippen LogP contribution in [-0.2, 0) is 0 Å². The number of piperidine rings is 1. The molecule has 9 heavy (non-hydrogen) atoms. The van der Waals surface area contributed by atoms with Crippen LogP contribution in [0.5, 0.6) is 0 Å². The lowest BCUT2D eigenvalue weighted by molar-refractivity contribution is 0.411. The molecule has 2 fully saturated rings. The van der Waals surface area contributed by atoms with Crippen LogP contribution in [0.25, 0.3) is 0 Å². The van der Waals surface area contributed by atoms with Crippen molar-refractivity contribution in [2.75, 3.05) is 0 Å². The van der Waals surface area contributed by atoms with Crippen molar-refractivity contribution < 1.29 is 0 Å². The zero-order valence-electron chi connectivity index (χ0n) is 5.44. The van der Waals surface area contributed by atoms with Crippen molar-refractivity contribution in [2.45, 2.75) is 43.1 Å². The van der Waals surface area contributed by atoms with E-state index >= 15 is 0 Å². The van der Waals surface area contributed by atoms with Crippen LogP contribution in [0.3, 0.4) is 0 Å². The van der Waals surface area contributed by atoms with Crippen molar-refractivity contribution in [3.63, 3.8) is 0 Å². The number of rotatable bonds is 0. The molecule has 2 heterocycles. The molecule has 0 radical (unpaired) electrons. The maximum Gasteiger partial charge on any atom is 0.0489 e. The van der Waals surface area contributed by atoms with Gasteiger partial charge >= 0.3 is 0 Å². The summed E-state index contributed by atoms with van der Waals surface area (Å²) in [6.07, 6.45) is 5.18. The summed E-state index contributed by atoms with van der Waals surface area (Å²) in [4.78, 5) is 0. The van der Waals surface area contributed by atoms with Crippen molar-refractivity contribution in [1.29, 1.82) is 0 Å². The van der Waals surface area contributed by atoms with E-state index in [4.69, 9.17) is 11.6 Å². The molecule has 52 valence electrons. The highest BCUT2D eigenvalue weighted by Crippen LogP contribution is 2.29. The van der Waals surface area contributed by atoms with Crippen molar-refractivity contribution >= 4 is 11.6 Å². The van der Waals surface area contributed by atoms with Crippen LogP contribution in [0.1, 0.15) is 25.7 Å². The van der Waals surface area contributed by atoms with Crippen LogP contribution in [0.4, 0.5) is 0 Å². The fraction of sp³-hybridized carbons (Fsp3) is 1.00. The van der Waals surface area contributed by atoms with Crippen molar-refractivity contribution in [1.82, 2.24) is 5.32 Å². The number of fused-ring (bicyclic) bond motifs is 2. The van der Waals surface area contributed by atoms with Gasteiger partial charge in [-0.1, -0.05) is 0 Å². The average Bonchev–Trinajstić information content (AvgIpc) is 2.25. The van der Waals surface area contributed by atoms with E-state index in [0.29, 0.717) is 11.4 Å². The molecule has 2 saturated heterocycles. The Morgan fingerprint density at radius 3 is 2.67 bits per heavy atom. The number of hydrogen-bond donors (Lipinski definition) is 1. The molecule has 0 aromatic rings. The first-order valence-electron chi connectivity index (χ1n) is 3.76. The molecular weight excluding hydrogens is 134 g/mol. The van der Waals surface area contributed by atoms with Gasteiger partial charge in [0.15, 0.2) is 0 Å². The first-order chi connectivity index (χ1) is 4.36. The first-order valence-corrected chi connectivity index (χ1v) is 4.20. The summed E-state index contributed by atoms with van der Waals surface area (Å²) in [7, 11) is 0. The van der Waals surface area contributed by atoms with Gasteiger partial charge in [-0.05, 0) is 25.7 Å². The van der Waals surface area contributed by atoms with Gasteiger partial charge in [0.05, 0.1) is 0 Å². The standard InChI is InChI=1S/C7H12ClN/c8-6-3-1-5-2-4-7(6)9-5/h5-7,9H,1-4H2. The molecule has 1 nitrogen and oxygen atoms in total. The molecule has 0 aromatic carbocycles. The van der Waals surface area contributed by atoms with Gasteiger partial charge in [-0.3, -0.25) is 0 Å². The lowest BCUT2D eigenvalue weighted by Gasteiger charge is -2.25. The van der Waals surface area contributed by atoms with Crippen LogP contribution in [0.2, 0.25) is 0 Å². The third-order valence-electron chi connectivity index (χ3n) is 2.50. The maximum absolute atomic E-state index is 6.05. The summed E-state index contributed by atoms with van der Waals surface area (Å²) in [6.45, 7) is 0. The first kappa shape index (κ1) is 5.99. The van der Waals surface area contributed by atoms with Crippen LogP contribution in [0.15, 0.2) is 0 Å². The van der Waals surface area contributed by atoms with Gasteiger partial charge in [0.25, 0.3) is 0 Å². The summed E-state index contributed by atoms with van der Waals surface area (Å²) >= 11 is 6.05. The minimum Gasteiger partial charge on any atom is -0.310 e. The highest BCUT2D eigenvalue weighted by molar-refractivity contribution is 6.21. The summed E-state index contributed by atoms with van der Waals surface area (Å²) in [5, 5.41) is 3.93. The minimum atomic E-state index is 0.420. The van der Waals surface area contributed by atoms with Gasteiger partial charge in [0.1, 0.15) is 0 Å². The van der Waals surface area contributed by atoms with Crippen LogP contribution < -0.4 is 5.32 Å². The highest BCUT2D eigenvalue weighted by Gasteiger charge is 2.33. The maximum atomic E-state index is 6.05. The monoisotopic (exact) mass is 145 g/mol. The van der Waals surface area contributed by atoms with Gasteiger partial charge in [0.2, 0.25) is 0 Å². The largest absolute Gasteiger partial charge is 0.310 e. The third kappa shape index (κ3) is 0.968. The van der Waals surface area contributed by atoms with E-state index in [1.165, 1.54) is 25.7 Å². The molecule has 3 atom stereocenters. The van der Waals surface area contributed by atoms with Gasteiger partial charge in [0, 0.05) is 17.5 Å². The highest BCUT2D eigenvalue weighted by atomic mass is 35.5. The Labute approximate surface area is 60.8 Å². The fourth-order valence-corrected chi connectivity index (χ4v) is 2.25. The Kier molecular flexibility index (Phi) is 1.42. The summed E-state index contributed by atoms with van der Waals surface area (Å²) < 4.78 is 0. The molecule has 0 aliphatic carbocycles. The topological polar surface area (TPSA) is 12.0 Å². The zero-order valence-corrected chi connectivity index (χ0v) is 6.19. The van der Waals surface area contributed by atoms with E-state index in [1.807, 2.05) is 0 Å². The van der Waals surface area contributed by atoms with Crippen LogP contribution in [-0.4, -0.2) is 17.5 Å². The Morgan fingerprint density at radius 2 is 1.89 bits per heavy atom. The number of nitrogens with one attached hydrogen (secondary N) is 1. The molecule has 1 N–H and O–H groups in total. The smallest absolute Gasteiger partial charge is 0.0489 e. The predicted octanol–water partition coefficient (Wildman–Crippen LogP) is 1.51. The minimum absolute atomic E-state index is 0.420. The SMILES string of the molecule is ClC1CCC2CCC1N2. The van der Waals surface area contributed by atoms with E-state index in [2.05, 4.69) is 5.32 Å². The second kappa shape index (κ2) is 2.14. The van der Waals surface area contributed by atoms with Crippen molar-refractivity contribution in [3.8, 4) is 0 Å². The Bertz CT molecular complexity index is 115. The van der Waals surface area contributed by atoms with E-state index < -0.39 is 0 Å². The van der Waals surface area contributed by atoms with E-state index in [-0.39, 0.29) is 0 Å². The second-order valence-electron chi connectivity index (χ2n) is 3.14. The molecule has 2 bridgehead atoms. The summed E-state index contributed by atoms with van der Waals surface area (Å²) in [6, 6.07) is 1.45. The van der Waals surface area contributed by atoms with Gasteiger partial charge in [-0.25, -0.2) is 0 Å².